The summed E-state index contributed by atoms with van der Waals surface area (Å²) in [6.45, 7) is 4.23. The standard InChI is InChI=1S/C11H24N2O3/c1-4-11(2,8-14)13-10(15)9(12)6-5-7-16-3/h9,14H,4-8,12H2,1-3H3,(H,13,15). The van der Waals surface area contributed by atoms with Gasteiger partial charge in [0.2, 0.25) is 5.91 Å². The van der Waals surface area contributed by atoms with Gasteiger partial charge in [-0.1, -0.05) is 6.92 Å². The molecule has 1 amide bonds. The summed E-state index contributed by atoms with van der Waals surface area (Å²) in [5, 5.41) is 11.9. The maximum atomic E-state index is 11.7. The second-order valence-electron chi connectivity index (χ2n) is 4.30. The number of ether oxygens (including phenoxy) is 1. The lowest BCUT2D eigenvalue weighted by Gasteiger charge is -2.28. The Kier molecular flexibility index (Phi) is 7.29. The Morgan fingerprint density at radius 2 is 2.25 bits per heavy atom. The zero-order valence-electron chi connectivity index (χ0n) is 10.5. The second kappa shape index (κ2) is 7.60. The van der Waals surface area contributed by atoms with Crippen molar-refractivity contribution in [2.45, 2.75) is 44.7 Å². The number of carbonyl (C=O) groups excluding carboxylic acids is 1. The smallest absolute Gasteiger partial charge is 0.237 e. The molecule has 96 valence electrons. The molecule has 0 rings (SSSR count). The molecule has 0 aromatic rings. The number of nitrogens with one attached hydrogen (secondary N) is 1. The lowest BCUT2D eigenvalue weighted by molar-refractivity contribution is -0.124. The first-order valence-electron chi connectivity index (χ1n) is 5.66. The van der Waals surface area contributed by atoms with Crippen molar-refractivity contribution in [1.82, 2.24) is 5.32 Å². The first-order valence-corrected chi connectivity index (χ1v) is 5.66. The maximum Gasteiger partial charge on any atom is 0.237 e. The van der Waals surface area contributed by atoms with Gasteiger partial charge >= 0.3 is 0 Å². The van der Waals surface area contributed by atoms with E-state index in [2.05, 4.69) is 5.32 Å². The summed E-state index contributed by atoms with van der Waals surface area (Å²) >= 11 is 0. The van der Waals surface area contributed by atoms with Gasteiger partial charge in [0.1, 0.15) is 0 Å². The number of aliphatic hydroxyl groups is 1. The van der Waals surface area contributed by atoms with Crippen LogP contribution in [0.3, 0.4) is 0 Å². The number of carbonyl (C=O) groups is 1. The summed E-state index contributed by atoms with van der Waals surface area (Å²) in [7, 11) is 1.62. The predicted molar refractivity (Wildman–Crippen MR) is 63.0 cm³/mol. The van der Waals surface area contributed by atoms with Gasteiger partial charge in [0, 0.05) is 13.7 Å². The van der Waals surface area contributed by atoms with Crippen LogP contribution >= 0.6 is 0 Å². The van der Waals surface area contributed by atoms with Crippen molar-refractivity contribution < 1.29 is 14.6 Å². The van der Waals surface area contributed by atoms with E-state index < -0.39 is 11.6 Å². The monoisotopic (exact) mass is 232 g/mol. The Balaban J connectivity index is 4.03. The van der Waals surface area contributed by atoms with Crippen molar-refractivity contribution in [2.24, 2.45) is 5.73 Å². The van der Waals surface area contributed by atoms with Crippen LogP contribution in [0.15, 0.2) is 0 Å². The third-order valence-corrected chi connectivity index (χ3v) is 2.75. The van der Waals surface area contributed by atoms with E-state index in [-0.39, 0.29) is 12.5 Å². The van der Waals surface area contributed by atoms with Crippen molar-refractivity contribution in [1.29, 1.82) is 0 Å². The lowest BCUT2D eigenvalue weighted by atomic mass is 9.99. The SMILES string of the molecule is CCC(C)(CO)NC(=O)C(N)CCCOC. The minimum Gasteiger partial charge on any atom is -0.394 e. The van der Waals surface area contributed by atoms with E-state index in [0.29, 0.717) is 19.4 Å². The van der Waals surface area contributed by atoms with E-state index in [4.69, 9.17) is 15.6 Å². The van der Waals surface area contributed by atoms with E-state index in [1.807, 2.05) is 6.92 Å². The van der Waals surface area contributed by atoms with Crippen molar-refractivity contribution in [3.63, 3.8) is 0 Å². The van der Waals surface area contributed by atoms with Crippen LogP contribution in [0, 0.1) is 0 Å². The number of hydrogen-bond acceptors (Lipinski definition) is 4. The molecule has 0 saturated carbocycles. The van der Waals surface area contributed by atoms with E-state index in [1.165, 1.54) is 0 Å². The highest BCUT2D eigenvalue weighted by Crippen LogP contribution is 2.08. The summed E-state index contributed by atoms with van der Waals surface area (Å²) in [5.41, 5.74) is 5.15. The van der Waals surface area contributed by atoms with Crippen LogP contribution in [0.25, 0.3) is 0 Å². The molecular weight excluding hydrogens is 208 g/mol. The van der Waals surface area contributed by atoms with Gasteiger partial charge in [0.15, 0.2) is 0 Å². The molecule has 5 nitrogen and oxygen atoms in total. The van der Waals surface area contributed by atoms with E-state index in [1.54, 1.807) is 14.0 Å². The van der Waals surface area contributed by atoms with E-state index in [9.17, 15) is 4.79 Å². The largest absolute Gasteiger partial charge is 0.394 e. The third-order valence-electron chi connectivity index (χ3n) is 2.75. The van der Waals surface area contributed by atoms with Crippen LogP contribution in [0.5, 0.6) is 0 Å². The third kappa shape index (κ3) is 5.44. The fourth-order valence-corrected chi connectivity index (χ4v) is 1.21. The molecule has 0 spiro atoms. The van der Waals surface area contributed by atoms with Gasteiger partial charge in [-0.05, 0) is 26.2 Å². The highest BCUT2D eigenvalue weighted by atomic mass is 16.5. The molecule has 2 atom stereocenters. The van der Waals surface area contributed by atoms with Crippen LogP contribution in [0.4, 0.5) is 0 Å². The molecule has 0 aliphatic heterocycles. The minimum absolute atomic E-state index is 0.0833. The van der Waals surface area contributed by atoms with Gasteiger partial charge in [0.05, 0.1) is 18.2 Å². The average molecular weight is 232 g/mol. The van der Waals surface area contributed by atoms with Gasteiger partial charge in [-0.15, -0.1) is 0 Å². The predicted octanol–water partition coefficient (Wildman–Crippen LogP) is 0.0175. The molecule has 5 heteroatoms. The quantitative estimate of drug-likeness (QED) is 0.515. The first-order chi connectivity index (χ1) is 7.49. The van der Waals surface area contributed by atoms with Crippen LogP contribution in [-0.4, -0.2) is 42.9 Å². The van der Waals surface area contributed by atoms with Gasteiger partial charge < -0.3 is 20.9 Å². The summed E-state index contributed by atoms with van der Waals surface area (Å²) in [6.07, 6.45) is 2.01. The lowest BCUT2D eigenvalue weighted by Crippen LogP contribution is -2.53. The molecule has 0 fully saturated rings. The molecule has 0 heterocycles. The van der Waals surface area contributed by atoms with Crippen molar-refractivity contribution >= 4 is 5.91 Å². The molecule has 0 bridgehead atoms. The highest BCUT2D eigenvalue weighted by Gasteiger charge is 2.25. The minimum atomic E-state index is -0.573. The zero-order valence-corrected chi connectivity index (χ0v) is 10.5. The first kappa shape index (κ1) is 15.3. The molecule has 0 radical (unpaired) electrons. The molecule has 0 saturated heterocycles. The molecule has 16 heavy (non-hydrogen) atoms. The Morgan fingerprint density at radius 3 is 2.69 bits per heavy atom. The summed E-state index contributed by atoms with van der Waals surface area (Å²) < 4.78 is 4.89. The zero-order chi connectivity index (χ0) is 12.6. The van der Waals surface area contributed by atoms with Gasteiger partial charge in [-0.2, -0.15) is 0 Å². The number of rotatable bonds is 8. The molecule has 4 N–H and O–H groups in total. The van der Waals surface area contributed by atoms with Crippen molar-refractivity contribution in [2.75, 3.05) is 20.3 Å². The van der Waals surface area contributed by atoms with Crippen molar-refractivity contribution in [3.05, 3.63) is 0 Å². The highest BCUT2D eigenvalue weighted by molar-refractivity contribution is 5.82. The van der Waals surface area contributed by atoms with Crippen molar-refractivity contribution in [3.8, 4) is 0 Å². The Labute approximate surface area is 97.3 Å². The number of aliphatic hydroxyl groups excluding tert-OH is 1. The Hall–Kier alpha value is -0.650. The molecule has 0 aromatic heterocycles. The Bertz CT molecular complexity index is 205. The fourth-order valence-electron chi connectivity index (χ4n) is 1.21. The fraction of sp³-hybridized carbons (Fsp3) is 0.909. The number of nitrogens with two attached hydrogens (primary N) is 1. The maximum absolute atomic E-state index is 11.7. The van der Waals surface area contributed by atoms with Crippen LogP contribution < -0.4 is 11.1 Å². The summed E-state index contributed by atoms with van der Waals surface area (Å²) in [5.74, 6) is -0.213. The Morgan fingerprint density at radius 1 is 1.62 bits per heavy atom. The van der Waals surface area contributed by atoms with Gasteiger partial charge in [-0.25, -0.2) is 0 Å². The summed E-state index contributed by atoms with van der Waals surface area (Å²) in [4.78, 5) is 11.7. The molecule has 0 aliphatic carbocycles. The van der Waals surface area contributed by atoms with Crippen LogP contribution in [0.1, 0.15) is 33.1 Å². The normalized spacial score (nSPS) is 16.6. The topological polar surface area (TPSA) is 84.6 Å². The molecule has 0 aromatic carbocycles. The van der Waals surface area contributed by atoms with E-state index in [0.717, 1.165) is 6.42 Å². The average Bonchev–Trinajstić information content (AvgIpc) is 2.29. The number of hydrogen-bond donors (Lipinski definition) is 3. The second-order valence-corrected chi connectivity index (χ2v) is 4.30. The molecule has 0 aliphatic rings. The number of amides is 1. The summed E-state index contributed by atoms with van der Waals surface area (Å²) in [6, 6.07) is -0.535. The van der Waals surface area contributed by atoms with Gasteiger partial charge in [0.25, 0.3) is 0 Å². The van der Waals surface area contributed by atoms with Crippen LogP contribution in [0.2, 0.25) is 0 Å². The number of methoxy groups -OCH3 is 1. The van der Waals surface area contributed by atoms with Crippen LogP contribution in [-0.2, 0) is 9.53 Å². The molecule has 2 unspecified atom stereocenters. The van der Waals surface area contributed by atoms with E-state index >= 15 is 0 Å². The molecular formula is C11H24N2O3. The van der Waals surface area contributed by atoms with Gasteiger partial charge in [-0.3, -0.25) is 4.79 Å².